The lowest BCUT2D eigenvalue weighted by Crippen LogP contribution is -2.31. The molecule has 1 aliphatic heterocycles. The summed E-state index contributed by atoms with van der Waals surface area (Å²) in [5, 5.41) is 0. The smallest absolute Gasteiger partial charge is 0.119 e. The van der Waals surface area contributed by atoms with Crippen molar-refractivity contribution in [1.29, 1.82) is 0 Å². The molecule has 1 heterocycles. The van der Waals surface area contributed by atoms with Crippen LogP contribution in [0.15, 0.2) is 59.6 Å². The number of benzene rings is 2. The Hall–Kier alpha value is -2.55. The van der Waals surface area contributed by atoms with Gasteiger partial charge in [0.25, 0.3) is 0 Å². The summed E-state index contributed by atoms with van der Waals surface area (Å²) in [6.45, 7) is 7.06. The second-order valence-corrected chi connectivity index (χ2v) is 6.06. The molecule has 0 aliphatic carbocycles. The molecule has 2 aromatic carbocycles. The number of ether oxygens (including phenoxy) is 1. The van der Waals surface area contributed by atoms with E-state index in [1.165, 1.54) is 11.3 Å². The zero-order valence-corrected chi connectivity index (χ0v) is 15.3. The third kappa shape index (κ3) is 3.60. The van der Waals surface area contributed by atoms with Crippen molar-refractivity contribution in [3.8, 4) is 5.75 Å². The number of para-hydroxylation sites is 1. The van der Waals surface area contributed by atoms with Gasteiger partial charge < -0.3 is 4.74 Å². The van der Waals surface area contributed by atoms with Crippen LogP contribution in [0.1, 0.15) is 45.6 Å². The maximum Gasteiger partial charge on any atom is 0.119 e. The Labute approximate surface area is 150 Å². The van der Waals surface area contributed by atoms with Crippen molar-refractivity contribution in [3.63, 3.8) is 0 Å². The summed E-state index contributed by atoms with van der Waals surface area (Å²) in [6, 6.07) is 16.7. The minimum Gasteiger partial charge on any atom is -0.494 e. The van der Waals surface area contributed by atoms with Crippen molar-refractivity contribution in [3.05, 3.63) is 60.2 Å². The van der Waals surface area contributed by atoms with Crippen LogP contribution in [-0.2, 0) is 0 Å². The Morgan fingerprint density at radius 3 is 2.44 bits per heavy atom. The van der Waals surface area contributed by atoms with Gasteiger partial charge in [-0.25, -0.2) is 4.99 Å². The number of amidine groups is 1. The number of nitrogens with zero attached hydrogens (tertiary/aromatic N) is 2. The molecule has 25 heavy (non-hydrogen) atoms. The Bertz CT molecular complexity index is 775. The van der Waals surface area contributed by atoms with E-state index in [1.807, 2.05) is 19.1 Å². The molecule has 3 nitrogen and oxygen atoms in total. The van der Waals surface area contributed by atoms with Crippen LogP contribution < -0.4 is 9.64 Å². The maximum atomic E-state index is 5.59. The molecule has 0 saturated carbocycles. The van der Waals surface area contributed by atoms with Gasteiger partial charge in [0.05, 0.1) is 18.0 Å². The fraction of sp³-hybridized carbons (Fsp3) is 0.318. The van der Waals surface area contributed by atoms with Gasteiger partial charge in [0.1, 0.15) is 11.6 Å². The fourth-order valence-electron chi connectivity index (χ4n) is 3.17. The second kappa shape index (κ2) is 8.02. The van der Waals surface area contributed by atoms with Crippen molar-refractivity contribution in [2.24, 2.45) is 4.99 Å². The summed E-state index contributed by atoms with van der Waals surface area (Å²) in [5.74, 6) is 2.00. The highest BCUT2D eigenvalue weighted by Crippen LogP contribution is 2.38. The molecule has 0 spiro atoms. The van der Waals surface area contributed by atoms with Gasteiger partial charge in [-0.2, -0.15) is 0 Å². The number of aliphatic imine (C=N–C) groups is 1. The molecule has 0 aromatic heterocycles. The highest BCUT2D eigenvalue weighted by Gasteiger charge is 2.25. The Balaban J connectivity index is 2.09. The molecule has 0 amide bonds. The normalized spacial score (nSPS) is 15.1. The number of fused-ring (bicyclic) bond motifs is 1. The third-order valence-corrected chi connectivity index (χ3v) is 4.21. The number of hydrogen-bond donors (Lipinski definition) is 0. The summed E-state index contributed by atoms with van der Waals surface area (Å²) >= 11 is 0. The van der Waals surface area contributed by atoms with Crippen molar-refractivity contribution in [2.75, 3.05) is 11.5 Å². The minimum atomic E-state index is 0.681. The van der Waals surface area contributed by atoms with Gasteiger partial charge in [-0.05, 0) is 50.1 Å². The zero-order chi connectivity index (χ0) is 17.6. The highest BCUT2D eigenvalue weighted by molar-refractivity contribution is 6.13. The molecular formula is C22H26N2O. The maximum absolute atomic E-state index is 5.59. The molecule has 3 heteroatoms. The van der Waals surface area contributed by atoms with E-state index in [0.717, 1.165) is 42.2 Å². The Morgan fingerprint density at radius 2 is 1.76 bits per heavy atom. The van der Waals surface area contributed by atoms with Gasteiger partial charge in [0.15, 0.2) is 0 Å². The van der Waals surface area contributed by atoms with Gasteiger partial charge in [-0.15, -0.1) is 0 Å². The first-order chi connectivity index (χ1) is 12.3. The van der Waals surface area contributed by atoms with Gasteiger partial charge in [0.2, 0.25) is 0 Å². The number of allylic oxidation sites excluding steroid dienone is 1. The van der Waals surface area contributed by atoms with Crippen molar-refractivity contribution in [1.82, 2.24) is 0 Å². The molecule has 0 unspecified atom stereocenters. The first-order valence-electron chi connectivity index (χ1n) is 9.18. The van der Waals surface area contributed by atoms with Crippen LogP contribution in [0.4, 0.5) is 11.4 Å². The van der Waals surface area contributed by atoms with Crippen LogP contribution >= 0.6 is 0 Å². The molecule has 0 bridgehead atoms. The van der Waals surface area contributed by atoms with E-state index in [0.29, 0.717) is 6.61 Å². The molecular weight excluding hydrogens is 308 g/mol. The fourth-order valence-corrected chi connectivity index (χ4v) is 3.17. The van der Waals surface area contributed by atoms with Crippen LogP contribution in [0, 0.1) is 0 Å². The summed E-state index contributed by atoms with van der Waals surface area (Å²) in [5.41, 5.74) is 4.61. The molecule has 130 valence electrons. The van der Waals surface area contributed by atoms with Crippen LogP contribution in [0.3, 0.4) is 0 Å². The van der Waals surface area contributed by atoms with Crippen LogP contribution in [0.25, 0.3) is 5.70 Å². The largest absolute Gasteiger partial charge is 0.494 e. The predicted molar refractivity (Wildman–Crippen MR) is 107 cm³/mol. The highest BCUT2D eigenvalue weighted by atomic mass is 16.5. The summed E-state index contributed by atoms with van der Waals surface area (Å²) in [6.07, 6.45) is 5.28. The van der Waals surface area contributed by atoms with E-state index < -0.39 is 0 Å². The molecule has 0 fully saturated rings. The van der Waals surface area contributed by atoms with E-state index in [-0.39, 0.29) is 0 Å². The van der Waals surface area contributed by atoms with Gasteiger partial charge in [-0.1, -0.05) is 38.1 Å². The van der Waals surface area contributed by atoms with Crippen molar-refractivity contribution in [2.45, 2.75) is 40.0 Å². The number of rotatable bonds is 6. The summed E-state index contributed by atoms with van der Waals surface area (Å²) < 4.78 is 5.59. The second-order valence-electron chi connectivity index (χ2n) is 6.06. The van der Waals surface area contributed by atoms with E-state index in [2.05, 4.69) is 61.2 Å². The van der Waals surface area contributed by atoms with Crippen LogP contribution in [0.2, 0.25) is 0 Å². The molecule has 2 aromatic rings. The average molecular weight is 334 g/mol. The summed E-state index contributed by atoms with van der Waals surface area (Å²) in [7, 11) is 0. The first-order valence-corrected chi connectivity index (χ1v) is 9.18. The zero-order valence-electron chi connectivity index (χ0n) is 15.3. The average Bonchev–Trinajstić information content (AvgIpc) is 2.63. The lowest BCUT2D eigenvalue weighted by Gasteiger charge is -2.33. The molecule has 0 radical (unpaired) electrons. The number of anilines is 1. The molecule has 1 aliphatic rings. The first kappa shape index (κ1) is 17.3. The lowest BCUT2D eigenvalue weighted by atomic mass is 10.0. The SMILES string of the molecule is CC/C=C1\c2ccccc2N=C(CCC)N1c1ccc(OCC)cc1. The minimum absolute atomic E-state index is 0.681. The molecule has 0 N–H and O–H groups in total. The van der Waals surface area contributed by atoms with Crippen LogP contribution in [0.5, 0.6) is 5.75 Å². The summed E-state index contributed by atoms with van der Waals surface area (Å²) in [4.78, 5) is 7.25. The van der Waals surface area contributed by atoms with E-state index in [9.17, 15) is 0 Å². The van der Waals surface area contributed by atoms with Gasteiger partial charge >= 0.3 is 0 Å². The van der Waals surface area contributed by atoms with Crippen molar-refractivity contribution >= 4 is 22.9 Å². The van der Waals surface area contributed by atoms with E-state index in [1.54, 1.807) is 0 Å². The standard InChI is InChI=1S/C22H26N2O/c1-4-9-21-19-11-7-8-12-20(19)23-22(10-5-2)24(21)17-13-15-18(16-14-17)25-6-3/h7-9,11-16H,4-6,10H2,1-3H3/b21-9+. The van der Waals surface area contributed by atoms with E-state index in [4.69, 9.17) is 9.73 Å². The molecule has 0 saturated heterocycles. The third-order valence-electron chi connectivity index (χ3n) is 4.21. The topological polar surface area (TPSA) is 24.8 Å². The van der Waals surface area contributed by atoms with Gasteiger partial charge in [0, 0.05) is 17.7 Å². The Kier molecular flexibility index (Phi) is 5.54. The molecule has 3 rings (SSSR count). The lowest BCUT2D eigenvalue weighted by molar-refractivity contribution is 0.340. The predicted octanol–water partition coefficient (Wildman–Crippen LogP) is 6.19. The Morgan fingerprint density at radius 1 is 1.00 bits per heavy atom. The van der Waals surface area contributed by atoms with Crippen molar-refractivity contribution < 1.29 is 4.74 Å². The van der Waals surface area contributed by atoms with Crippen LogP contribution in [-0.4, -0.2) is 12.4 Å². The molecule has 0 atom stereocenters. The van der Waals surface area contributed by atoms with E-state index >= 15 is 0 Å². The monoisotopic (exact) mass is 334 g/mol. The number of hydrogen-bond acceptors (Lipinski definition) is 3. The quantitative estimate of drug-likeness (QED) is 0.629. The van der Waals surface area contributed by atoms with Gasteiger partial charge in [-0.3, -0.25) is 4.90 Å².